The average Bonchev–Trinajstić information content (AvgIpc) is 2.50. The Morgan fingerprint density at radius 1 is 1.13 bits per heavy atom. The van der Waals surface area contributed by atoms with Crippen molar-refractivity contribution in [1.29, 1.82) is 0 Å². The van der Waals surface area contributed by atoms with Gasteiger partial charge in [0.1, 0.15) is 16.4 Å². The lowest BCUT2D eigenvalue weighted by molar-refractivity contribution is 0.266. The van der Waals surface area contributed by atoms with Gasteiger partial charge in [0.05, 0.1) is 13.2 Å². The van der Waals surface area contributed by atoms with Gasteiger partial charge in [0, 0.05) is 18.7 Å². The molecule has 0 aromatic heterocycles. The smallest absolute Gasteiger partial charge is 0.247 e. The lowest BCUT2D eigenvalue weighted by Crippen LogP contribution is -2.42. The second kappa shape index (κ2) is 7.53. The molecule has 23 heavy (non-hydrogen) atoms. The zero-order chi connectivity index (χ0) is 17.0. The molecule has 0 aliphatic carbocycles. The van der Waals surface area contributed by atoms with Crippen molar-refractivity contribution in [2.24, 2.45) is 0 Å². The van der Waals surface area contributed by atoms with Crippen LogP contribution in [0.5, 0.6) is 11.5 Å². The van der Waals surface area contributed by atoms with Crippen molar-refractivity contribution in [2.75, 3.05) is 19.8 Å². The third kappa shape index (κ3) is 3.80. The van der Waals surface area contributed by atoms with Crippen LogP contribution in [0.25, 0.3) is 0 Å². The molecule has 0 saturated carbocycles. The molecule has 1 saturated heterocycles. The third-order valence-corrected chi connectivity index (χ3v) is 6.20. The molecule has 5 nitrogen and oxygen atoms in total. The second-order valence-electron chi connectivity index (χ2n) is 5.89. The quantitative estimate of drug-likeness (QED) is 0.796. The Kier molecular flexibility index (Phi) is 5.92. The minimum Gasteiger partial charge on any atom is -0.494 e. The van der Waals surface area contributed by atoms with Crippen molar-refractivity contribution in [1.82, 2.24) is 4.31 Å². The molecule has 2 rings (SSSR count). The van der Waals surface area contributed by atoms with Gasteiger partial charge < -0.3 is 9.47 Å². The Morgan fingerprint density at radius 2 is 1.78 bits per heavy atom. The van der Waals surface area contributed by atoms with Crippen molar-refractivity contribution < 1.29 is 17.9 Å². The Bertz CT molecular complexity index is 642. The van der Waals surface area contributed by atoms with E-state index < -0.39 is 10.0 Å². The summed E-state index contributed by atoms with van der Waals surface area (Å²) in [4.78, 5) is 0.210. The first-order chi connectivity index (χ1) is 10.9. The van der Waals surface area contributed by atoms with E-state index in [1.54, 1.807) is 16.4 Å². The maximum absolute atomic E-state index is 13.2. The van der Waals surface area contributed by atoms with Gasteiger partial charge in [-0.05, 0) is 52.2 Å². The van der Waals surface area contributed by atoms with Crippen molar-refractivity contribution in [3.63, 3.8) is 0 Å². The Balaban J connectivity index is 2.51. The van der Waals surface area contributed by atoms with Gasteiger partial charge in [-0.1, -0.05) is 6.42 Å². The molecule has 0 unspecified atom stereocenters. The van der Waals surface area contributed by atoms with Crippen LogP contribution in [0.3, 0.4) is 0 Å². The highest BCUT2D eigenvalue weighted by atomic mass is 32.2. The van der Waals surface area contributed by atoms with Crippen molar-refractivity contribution in [3.05, 3.63) is 17.7 Å². The predicted octanol–water partition coefficient (Wildman–Crippen LogP) is 3.36. The highest BCUT2D eigenvalue weighted by Gasteiger charge is 2.33. The van der Waals surface area contributed by atoms with E-state index >= 15 is 0 Å². The lowest BCUT2D eigenvalue weighted by atomic mass is 10.1. The zero-order valence-corrected chi connectivity index (χ0v) is 15.3. The molecule has 1 aliphatic heterocycles. The van der Waals surface area contributed by atoms with E-state index in [1.165, 1.54) is 0 Å². The first-order valence-electron chi connectivity index (χ1n) is 8.33. The van der Waals surface area contributed by atoms with Crippen molar-refractivity contribution >= 4 is 10.0 Å². The number of benzene rings is 1. The molecule has 1 aliphatic rings. The molecule has 1 atom stereocenters. The number of piperidine rings is 1. The van der Waals surface area contributed by atoms with Crippen LogP contribution in [0.2, 0.25) is 0 Å². The van der Waals surface area contributed by atoms with E-state index in [-0.39, 0.29) is 10.9 Å². The van der Waals surface area contributed by atoms with Gasteiger partial charge in [0.2, 0.25) is 10.0 Å². The third-order valence-electron chi connectivity index (χ3n) is 4.17. The fourth-order valence-electron chi connectivity index (χ4n) is 2.98. The van der Waals surface area contributed by atoms with E-state index in [1.807, 2.05) is 27.7 Å². The highest BCUT2D eigenvalue weighted by molar-refractivity contribution is 7.89. The fraction of sp³-hybridized carbons (Fsp3) is 0.647. The second-order valence-corrected chi connectivity index (χ2v) is 7.75. The number of nitrogens with zero attached hydrogens (tertiary/aromatic N) is 1. The zero-order valence-electron chi connectivity index (χ0n) is 14.5. The summed E-state index contributed by atoms with van der Waals surface area (Å²) in [6.07, 6.45) is 2.87. The van der Waals surface area contributed by atoms with Gasteiger partial charge in [0.25, 0.3) is 0 Å². The summed E-state index contributed by atoms with van der Waals surface area (Å²) >= 11 is 0. The van der Waals surface area contributed by atoms with Crippen LogP contribution in [0, 0.1) is 6.92 Å². The Morgan fingerprint density at radius 3 is 2.39 bits per heavy atom. The number of hydrogen-bond acceptors (Lipinski definition) is 4. The molecule has 1 fully saturated rings. The first kappa shape index (κ1) is 18.1. The average molecular weight is 341 g/mol. The van der Waals surface area contributed by atoms with E-state index in [9.17, 15) is 8.42 Å². The van der Waals surface area contributed by atoms with Crippen molar-refractivity contribution in [3.8, 4) is 11.5 Å². The van der Waals surface area contributed by atoms with Gasteiger partial charge in [-0.15, -0.1) is 0 Å². The summed E-state index contributed by atoms with van der Waals surface area (Å²) in [5.41, 5.74) is 0.876. The highest BCUT2D eigenvalue weighted by Crippen LogP contribution is 2.35. The number of rotatable bonds is 6. The summed E-state index contributed by atoms with van der Waals surface area (Å²) in [5.74, 6) is 1.01. The molecule has 0 radical (unpaired) electrons. The van der Waals surface area contributed by atoms with Crippen LogP contribution >= 0.6 is 0 Å². The minimum atomic E-state index is -3.59. The van der Waals surface area contributed by atoms with Gasteiger partial charge in [-0.2, -0.15) is 4.31 Å². The Hall–Kier alpha value is -1.27. The van der Waals surface area contributed by atoms with Gasteiger partial charge >= 0.3 is 0 Å². The predicted molar refractivity (Wildman–Crippen MR) is 90.7 cm³/mol. The molecule has 130 valence electrons. The van der Waals surface area contributed by atoms with Crippen LogP contribution in [0.15, 0.2) is 17.0 Å². The van der Waals surface area contributed by atoms with E-state index in [0.717, 1.165) is 24.8 Å². The lowest BCUT2D eigenvalue weighted by Gasteiger charge is -2.32. The molecule has 0 bridgehead atoms. The van der Waals surface area contributed by atoms with Crippen LogP contribution < -0.4 is 9.47 Å². The van der Waals surface area contributed by atoms with E-state index in [0.29, 0.717) is 31.3 Å². The maximum atomic E-state index is 13.2. The normalized spacial score (nSPS) is 19.6. The molecule has 0 spiro atoms. The summed E-state index contributed by atoms with van der Waals surface area (Å²) in [6.45, 7) is 9.08. The number of aryl methyl sites for hydroxylation is 1. The standard InChI is InChI=1S/C17H27NO4S/c1-5-21-15-12-17(16(22-6-2)11-13(15)3)23(19,20)18-10-8-7-9-14(18)4/h11-12,14H,5-10H2,1-4H3/t14-/m1/s1. The number of ether oxygens (including phenoxy) is 2. The molecule has 6 heteroatoms. The number of sulfonamides is 1. The number of hydrogen-bond donors (Lipinski definition) is 0. The van der Waals surface area contributed by atoms with Crippen LogP contribution in [0.1, 0.15) is 45.6 Å². The van der Waals surface area contributed by atoms with Gasteiger partial charge in [0.15, 0.2) is 0 Å². The minimum absolute atomic E-state index is 0.0140. The van der Waals surface area contributed by atoms with Crippen LogP contribution in [-0.4, -0.2) is 38.5 Å². The Labute approximate surface area is 139 Å². The molecule has 1 aromatic rings. The maximum Gasteiger partial charge on any atom is 0.247 e. The summed E-state index contributed by atoms with van der Waals surface area (Å²) < 4.78 is 39.1. The summed E-state index contributed by atoms with van der Waals surface area (Å²) in [7, 11) is -3.59. The van der Waals surface area contributed by atoms with Gasteiger partial charge in [-0.25, -0.2) is 8.42 Å². The van der Waals surface area contributed by atoms with E-state index in [2.05, 4.69) is 0 Å². The largest absolute Gasteiger partial charge is 0.494 e. The molecule has 0 amide bonds. The van der Waals surface area contributed by atoms with Gasteiger partial charge in [-0.3, -0.25) is 0 Å². The molecule has 0 N–H and O–H groups in total. The molecular weight excluding hydrogens is 314 g/mol. The van der Waals surface area contributed by atoms with Crippen LogP contribution in [0.4, 0.5) is 0 Å². The fourth-order valence-corrected chi connectivity index (χ4v) is 4.81. The van der Waals surface area contributed by atoms with E-state index in [4.69, 9.17) is 9.47 Å². The SMILES string of the molecule is CCOc1cc(S(=O)(=O)N2CCCC[C@H]2C)c(OCC)cc1C. The van der Waals surface area contributed by atoms with Crippen molar-refractivity contribution in [2.45, 2.75) is 57.9 Å². The molecule has 1 heterocycles. The summed E-state index contributed by atoms with van der Waals surface area (Å²) in [5, 5.41) is 0. The monoisotopic (exact) mass is 341 g/mol. The molecule has 1 aromatic carbocycles. The summed E-state index contributed by atoms with van der Waals surface area (Å²) in [6, 6.07) is 3.39. The topological polar surface area (TPSA) is 55.8 Å². The van der Waals surface area contributed by atoms with Crippen LogP contribution in [-0.2, 0) is 10.0 Å². The first-order valence-corrected chi connectivity index (χ1v) is 9.77. The molecular formula is C17H27NO4S.